The lowest BCUT2D eigenvalue weighted by Crippen LogP contribution is -2.58. The molecule has 0 unspecified atom stereocenters. The van der Waals surface area contributed by atoms with Crippen LogP contribution in [0.4, 0.5) is 0 Å². The van der Waals surface area contributed by atoms with Crippen LogP contribution >= 0.6 is 0 Å². The zero-order valence-electron chi connectivity index (χ0n) is 10.7. The summed E-state index contributed by atoms with van der Waals surface area (Å²) in [6.07, 6.45) is 3.43. The minimum atomic E-state index is -0.502. The molecule has 1 N–H and O–H groups in total. The lowest BCUT2D eigenvalue weighted by atomic mass is 9.57. The minimum absolute atomic E-state index is 0.141. The van der Waals surface area contributed by atoms with Gasteiger partial charge in [0.2, 0.25) is 0 Å². The van der Waals surface area contributed by atoms with Gasteiger partial charge in [-0.2, -0.15) is 0 Å². The first-order valence-corrected chi connectivity index (χ1v) is 6.01. The molecule has 90 valence electrons. The predicted molar refractivity (Wildman–Crippen MR) is 64.9 cm³/mol. The van der Waals surface area contributed by atoms with Crippen molar-refractivity contribution in [2.24, 2.45) is 11.3 Å². The van der Waals surface area contributed by atoms with Crippen molar-refractivity contribution in [3.05, 3.63) is 24.0 Å². The molecule has 1 heterocycles. The second-order valence-electron chi connectivity index (χ2n) is 6.09. The monoisotopic (exact) mass is 222 g/mol. The van der Waals surface area contributed by atoms with Gasteiger partial charge in [0.15, 0.2) is 0 Å². The Morgan fingerprint density at radius 2 is 2.06 bits per heavy atom. The summed E-state index contributed by atoms with van der Waals surface area (Å²) in [5.41, 5.74) is 0.731. The quantitative estimate of drug-likeness (QED) is 0.682. The molecule has 1 aliphatic carbocycles. The van der Waals surface area contributed by atoms with E-state index in [1.807, 2.05) is 19.9 Å². The van der Waals surface area contributed by atoms with Crippen LogP contribution in [-0.2, 0) is 4.74 Å². The predicted octanol–water partition coefficient (Wildman–Crippen LogP) is 3.03. The zero-order valence-corrected chi connectivity index (χ0v) is 10.7. The molecule has 2 nitrogen and oxygen atoms in total. The molecule has 1 aliphatic heterocycles. The summed E-state index contributed by atoms with van der Waals surface area (Å²) in [5, 5.41) is 10.2. The van der Waals surface area contributed by atoms with E-state index < -0.39 is 11.7 Å². The SMILES string of the molecule is C=C1C=C(C)O[C@@]2(C)[C@H](O)CCC(C)(C)[C@@H]12. The van der Waals surface area contributed by atoms with Gasteiger partial charge in [0.1, 0.15) is 5.60 Å². The molecule has 0 amide bonds. The van der Waals surface area contributed by atoms with E-state index in [0.29, 0.717) is 0 Å². The zero-order chi connectivity index (χ0) is 12.1. The van der Waals surface area contributed by atoms with Crippen molar-refractivity contribution in [1.29, 1.82) is 0 Å². The van der Waals surface area contributed by atoms with Crippen LogP contribution in [0.5, 0.6) is 0 Å². The highest BCUT2D eigenvalue weighted by molar-refractivity contribution is 5.31. The summed E-state index contributed by atoms with van der Waals surface area (Å²) in [6, 6.07) is 0. The minimum Gasteiger partial charge on any atom is -0.489 e. The lowest BCUT2D eigenvalue weighted by molar-refractivity contribution is -0.168. The molecule has 0 saturated heterocycles. The van der Waals surface area contributed by atoms with Gasteiger partial charge in [-0.1, -0.05) is 20.4 Å². The fraction of sp³-hybridized carbons (Fsp3) is 0.714. The number of allylic oxidation sites excluding steroid dienone is 2. The van der Waals surface area contributed by atoms with Crippen molar-refractivity contribution < 1.29 is 9.84 Å². The normalized spacial score (nSPS) is 42.1. The van der Waals surface area contributed by atoms with Crippen LogP contribution < -0.4 is 0 Å². The maximum Gasteiger partial charge on any atom is 0.139 e. The van der Waals surface area contributed by atoms with Gasteiger partial charge in [-0.25, -0.2) is 0 Å². The van der Waals surface area contributed by atoms with Crippen LogP contribution in [-0.4, -0.2) is 16.8 Å². The Kier molecular flexibility index (Phi) is 2.46. The maximum absolute atomic E-state index is 10.2. The van der Waals surface area contributed by atoms with Crippen molar-refractivity contribution >= 4 is 0 Å². The molecular formula is C14H22O2. The number of hydrogen-bond acceptors (Lipinski definition) is 2. The van der Waals surface area contributed by atoms with Gasteiger partial charge in [-0.05, 0) is 43.8 Å². The Balaban J connectivity index is 2.48. The third-order valence-electron chi connectivity index (χ3n) is 4.22. The van der Waals surface area contributed by atoms with Crippen LogP contribution in [0.1, 0.15) is 40.5 Å². The van der Waals surface area contributed by atoms with Gasteiger partial charge in [0.25, 0.3) is 0 Å². The molecule has 0 aromatic carbocycles. The van der Waals surface area contributed by atoms with Crippen molar-refractivity contribution in [1.82, 2.24) is 0 Å². The Morgan fingerprint density at radius 1 is 1.44 bits per heavy atom. The molecule has 0 aromatic rings. The Morgan fingerprint density at radius 3 is 2.69 bits per heavy atom. The van der Waals surface area contributed by atoms with Gasteiger partial charge >= 0.3 is 0 Å². The molecule has 0 radical (unpaired) electrons. The van der Waals surface area contributed by atoms with Crippen LogP contribution in [0.25, 0.3) is 0 Å². The first-order chi connectivity index (χ1) is 7.27. The fourth-order valence-electron chi connectivity index (χ4n) is 3.63. The van der Waals surface area contributed by atoms with Gasteiger partial charge < -0.3 is 9.84 Å². The van der Waals surface area contributed by atoms with Crippen molar-refractivity contribution in [3.63, 3.8) is 0 Å². The Bertz CT molecular complexity index is 354. The van der Waals surface area contributed by atoms with E-state index >= 15 is 0 Å². The van der Waals surface area contributed by atoms with E-state index in [0.717, 1.165) is 24.2 Å². The summed E-state index contributed by atoms with van der Waals surface area (Å²) in [4.78, 5) is 0. The fourth-order valence-corrected chi connectivity index (χ4v) is 3.63. The summed E-state index contributed by atoms with van der Waals surface area (Å²) < 4.78 is 5.95. The summed E-state index contributed by atoms with van der Waals surface area (Å²) >= 11 is 0. The van der Waals surface area contributed by atoms with E-state index in [4.69, 9.17) is 4.74 Å². The molecular weight excluding hydrogens is 200 g/mol. The number of aliphatic hydroxyl groups is 1. The molecule has 0 bridgehead atoms. The summed E-state index contributed by atoms with van der Waals surface area (Å²) in [7, 11) is 0. The molecule has 0 spiro atoms. The number of fused-ring (bicyclic) bond motifs is 1. The third kappa shape index (κ3) is 1.51. The highest BCUT2D eigenvalue weighted by Gasteiger charge is 2.55. The largest absolute Gasteiger partial charge is 0.489 e. The molecule has 0 aromatic heterocycles. The van der Waals surface area contributed by atoms with Crippen LogP contribution in [0.2, 0.25) is 0 Å². The smallest absolute Gasteiger partial charge is 0.139 e. The second-order valence-corrected chi connectivity index (χ2v) is 6.09. The first kappa shape index (κ1) is 11.7. The second kappa shape index (κ2) is 3.36. The Hall–Kier alpha value is -0.760. The highest BCUT2D eigenvalue weighted by atomic mass is 16.5. The molecule has 3 atom stereocenters. The molecule has 1 saturated carbocycles. The molecule has 2 heteroatoms. The number of ether oxygens (including phenoxy) is 1. The number of hydrogen-bond donors (Lipinski definition) is 1. The molecule has 2 aliphatic rings. The van der Waals surface area contributed by atoms with Crippen LogP contribution in [0, 0.1) is 11.3 Å². The van der Waals surface area contributed by atoms with Gasteiger partial charge in [0, 0.05) is 5.92 Å². The Labute approximate surface area is 98.0 Å². The highest BCUT2D eigenvalue weighted by Crippen LogP contribution is 2.53. The third-order valence-corrected chi connectivity index (χ3v) is 4.22. The van der Waals surface area contributed by atoms with Gasteiger partial charge in [-0.15, -0.1) is 0 Å². The van der Waals surface area contributed by atoms with Crippen LogP contribution in [0.3, 0.4) is 0 Å². The van der Waals surface area contributed by atoms with Crippen molar-refractivity contribution in [3.8, 4) is 0 Å². The number of aliphatic hydroxyl groups excluding tert-OH is 1. The van der Waals surface area contributed by atoms with E-state index in [1.54, 1.807) is 0 Å². The average Bonchev–Trinajstić information content (AvgIpc) is 2.10. The molecule has 16 heavy (non-hydrogen) atoms. The summed E-state index contributed by atoms with van der Waals surface area (Å²) in [6.45, 7) is 12.6. The topological polar surface area (TPSA) is 29.5 Å². The van der Waals surface area contributed by atoms with E-state index in [1.165, 1.54) is 0 Å². The van der Waals surface area contributed by atoms with Crippen molar-refractivity contribution in [2.75, 3.05) is 0 Å². The van der Waals surface area contributed by atoms with E-state index in [-0.39, 0.29) is 11.3 Å². The van der Waals surface area contributed by atoms with Crippen molar-refractivity contribution in [2.45, 2.75) is 52.2 Å². The van der Waals surface area contributed by atoms with Crippen LogP contribution in [0.15, 0.2) is 24.0 Å². The maximum atomic E-state index is 10.2. The van der Waals surface area contributed by atoms with Gasteiger partial charge in [0.05, 0.1) is 11.9 Å². The van der Waals surface area contributed by atoms with E-state index in [9.17, 15) is 5.11 Å². The summed E-state index contributed by atoms with van der Waals surface area (Å²) in [5.74, 6) is 1.06. The van der Waals surface area contributed by atoms with Gasteiger partial charge in [-0.3, -0.25) is 0 Å². The number of rotatable bonds is 0. The lowest BCUT2D eigenvalue weighted by Gasteiger charge is -2.55. The molecule has 1 fully saturated rings. The first-order valence-electron chi connectivity index (χ1n) is 6.01. The standard InChI is InChI=1S/C14H22O2/c1-9-8-10(2)16-14(5)11(15)6-7-13(3,4)12(9)14/h8,11-12,15H,1,6-7H2,2-5H3/t11-,12-,14+/m1/s1. The molecule has 2 rings (SSSR count). The average molecular weight is 222 g/mol. The van der Waals surface area contributed by atoms with E-state index in [2.05, 4.69) is 20.4 Å².